The van der Waals surface area contributed by atoms with Gasteiger partial charge in [-0.15, -0.1) is 0 Å². The van der Waals surface area contributed by atoms with E-state index in [1.807, 2.05) is 36.4 Å². The summed E-state index contributed by atoms with van der Waals surface area (Å²) in [5.41, 5.74) is 4.54. The van der Waals surface area contributed by atoms with E-state index in [0.717, 1.165) is 27.9 Å². The Morgan fingerprint density at radius 3 is 2.20 bits per heavy atom. The van der Waals surface area contributed by atoms with Crippen LogP contribution in [0.15, 0.2) is 54.6 Å². The molecule has 0 unspecified atom stereocenters. The van der Waals surface area contributed by atoms with Gasteiger partial charge in [-0.3, -0.25) is 4.79 Å². The fourth-order valence-corrected chi connectivity index (χ4v) is 10.8. The first-order chi connectivity index (χ1) is 16.6. The van der Waals surface area contributed by atoms with E-state index in [2.05, 4.69) is 64.7 Å². The third kappa shape index (κ3) is 6.56. The topological polar surface area (TPSA) is 71.5 Å². The minimum absolute atomic E-state index is 0.0644. The highest BCUT2D eigenvalue weighted by molar-refractivity contribution is 6.78. The highest BCUT2D eigenvalue weighted by Crippen LogP contribution is 2.43. The van der Waals surface area contributed by atoms with Crippen LogP contribution in [0.3, 0.4) is 0 Å². The first-order valence-corrected chi connectivity index (χ1v) is 14.9. The first kappa shape index (κ1) is 27.0. The molecule has 0 bridgehead atoms. The predicted molar refractivity (Wildman–Crippen MR) is 146 cm³/mol. The Morgan fingerprint density at radius 2 is 1.60 bits per heavy atom. The van der Waals surface area contributed by atoms with Crippen LogP contribution in [-0.4, -0.2) is 31.0 Å². The highest BCUT2D eigenvalue weighted by Gasteiger charge is 2.47. The fraction of sp³-hybridized carbons (Fsp3) is 0.483. The Hall–Kier alpha value is -2.57. The van der Waals surface area contributed by atoms with Crippen LogP contribution in [0.1, 0.15) is 71.6 Å². The summed E-state index contributed by atoms with van der Waals surface area (Å²) in [5.74, 6) is -0.0374. The molecule has 2 N–H and O–H groups in total. The van der Waals surface area contributed by atoms with E-state index in [-0.39, 0.29) is 12.3 Å². The highest BCUT2D eigenvalue weighted by atomic mass is 28.4. The predicted octanol–water partition coefficient (Wildman–Crippen LogP) is 7.89. The molecule has 1 aromatic heterocycles. The average Bonchev–Trinajstić information content (AvgIpc) is 3.22. The maximum Gasteiger partial charge on any atom is 0.304 e. The molecule has 0 aliphatic carbocycles. The molecule has 0 saturated carbocycles. The summed E-state index contributed by atoms with van der Waals surface area (Å²) in [5, 5.41) is 10.6. The van der Waals surface area contributed by atoms with Gasteiger partial charge >= 0.3 is 5.97 Å². The number of ether oxygens (including phenoxy) is 1. The molecule has 0 spiro atoms. The van der Waals surface area contributed by atoms with Gasteiger partial charge in [-0.2, -0.15) is 0 Å². The van der Waals surface area contributed by atoms with E-state index in [9.17, 15) is 9.90 Å². The lowest BCUT2D eigenvalue weighted by Crippen LogP contribution is -2.50. The van der Waals surface area contributed by atoms with Crippen molar-refractivity contribution < 1.29 is 19.1 Å². The van der Waals surface area contributed by atoms with Crippen LogP contribution in [0.2, 0.25) is 16.6 Å². The molecule has 0 aliphatic heterocycles. The van der Waals surface area contributed by atoms with Crippen molar-refractivity contribution >= 4 is 25.2 Å². The fourth-order valence-electron chi connectivity index (χ4n) is 5.54. The first-order valence-electron chi connectivity index (χ1n) is 12.8. The van der Waals surface area contributed by atoms with Crippen molar-refractivity contribution in [1.29, 1.82) is 0 Å². The molecule has 0 amide bonds. The second-order valence-electron chi connectivity index (χ2n) is 10.5. The summed E-state index contributed by atoms with van der Waals surface area (Å²) in [6.45, 7) is 14.8. The molecule has 3 rings (SSSR count). The zero-order chi connectivity index (χ0) is 25.6. The van der Waals surface area contributed by atoms with Crippen LogP contribution in [0, 0.1) is 0 Å². The SMILES string of the molecule is CC(C)[Si](Oc1ccc2[nH]c([C@H](CCOCc3ccccc3)CC(=O)O)cc2c1)(C(C)C)C(C)C. The van der Waals surface area contributed by atoms with Gasteiger partial charge in [-0.05, 0) is 52.9 Å². The lowest BCUT2D eigenvalue weighted by Gasteiger charge is -2.42. The third-order valence-corrected chi connectivity index (χ3v) is 13.2. The molecular formula is C29H41NO4Si. The third-order valence-electron chi connectivity index (χ3n) is 7.20. The van der Waals surface area contributed by atoms with Crippen molar-refractivity contribution in [3.63, 3.8) is 0 Å². The second-order valence-corrected chi connectivity index (χ2v) is 15.9. The number of carboxylic acid groups (broad SMARTS) is 1. The van der Waals surface area contributed by atoms with E-state index in [1.54, 1.807) is 0 Å². The van der Waals surface area contributed by atoms with Gasteiger partial charge in [0.25, 0.3) is 8.32 Å². The van der Waals surface area contributed by atoms with E-state index >= 15 is 0 Å². The number of nitrogens with one attached hydrogen (secondary N) is 1. The molecule has 35 heavy (non-hydrogen) atoms. The van der Waals surface area contributed by atoms with Crippen LogP contribution in [0.25, 0.3) is 10.9 Å². The van der Waals surface area contributed by atoms with E-state index in [0.29, 0.717) is 36.3 Å². The molecule has 0 saturated heterocycles. The van der Waals surface area contributed by atoms with Crippen LogP contribution >= 0.6 is 0 Å². The summed E-state index contributed by atoms with van der Waals surface area (Å²) in [7, 11) is -2.05. The molecule has 0 radical (unpaired) electrons. The number of carbonyl (C=O) groups is 1. The molecule has 1 heterocycles. The van der Waals surface area contributed by atoms with Crippen LogP contribution in [0.4, 0.5) is 0 Å². The van der Waals surface area contributed by atoms with Crippen molar-refractivity contribution in [2.45, 2.75) is 83.5 Å². The minimum Gasteiger partial charge on any atom is -0.543 e. The smallest absolute Gasteiger partial charge is 0.304 e. The quantitative estimate of drug-likeness (QED) is 0.187. The summed E-state index contributed by atoms with van der Waals surface area (Å²) < 4.78 is 12.7. The van der Waals surface area contributed by atoms with Crippen molar-refractivity contribution in [1.82, 2.24) is 4.98 Å². The van der Waals surface area contributed by atoms with Gasteiger partial charge in [-0.1, -0.05) is 71.9 Å². The zero-order valence-electron chi connectivity index (χ0n) is 22.0. The van der Waals surface area contributed by atoms with Crippen LogP contribution < -0.4 is 4.43 Å². The maximum absolute atomic E-state index is 11.6. The second kappa shape index (κ2) is 11.9. The summed E-state index contributed by atoms with van der Waals surface area (Å²) in [6, 6.07) is 18.3. The number of aromatic amines is 1. The standard InChI is InChI=1S/C29H41NO4Si/c1-20(2)35(21(3)4,22(5)6)34-26-12-13-27-25(16-26)17-28(30-27)24(18-29(31)32)14-15-33-19-23-10-8-7-9-11-23/h7-13,16-17,20-22,24,30H,14-15,18-19H2,1-6H3,(H,31,32)/t24-/m1/s1. The minimum atomic E-state index is -2.05. The van der Waals surface area contributed by atoms with Crippen molar-refractivity contribution in [3.05, 3.63) is 65.9 Å². The molecular weight excluding hydrogens is 454 g/mol. The molecule has 0 aliphatic rings. The molecule has 6 heteroatoms. The van der Waals surface area contributed by atoms with Crippen LogP contribution in [-0.2, 0) is 16.1 Å². The number of H-pyrrole nitrogens is 1. The number of hydrogen-bond donors (Lipinski definition) is 2. The summed E-state index contributed by atoms with van der Waals surface area (Å²) in [4.78, 5) is 15.0. The molecule has 190 valence electrons. The van der Waals surface area contributed by atoms with Crippen LogP contribution in [0.5, 0.6) is 5.75 Å². The largest absolute Gasteiger partial charge is 0.543 e. The Kier molecular flexibility index (Phi) is 9.19. The molecule has 5 nitrogen and oxygen atoms in total. The van der Waals surface area contributed by atoms with E-state index in [1.165, 1.54) is 0 Å². The van der Waals surface area contributed by atoms with Gasteiger partial charge in [0, 0.05) is 29.1 Å². The maximum atomic E-state index is 11.6. The Morgan fingerprint density at radius 1 is 0.943 bits per heavy atom. The number of aromatic nitrogens is 1. The summed E-state index contributed by atoms with van der Waals surface area (Å²) in [6.07, 6.45) is 0.703. The van der Waals surface area contributed by atoms with Crippen molar-refractivity contribution in [3.8, 4) is 5.75 Å². The lowest BCUT2D eigenvalue weighted by molar-refractivity contribution is -0.137. The van der Waals surface area contributed by atoms with Crippen molar-refractivity contribution in [2.75, 3.05) is 6.61 Å². The van der Waals surface area contributed by atoms with Crippen molar-refractivity contribution in [2.24, 2.45) is 0 Å². The van der Waals surface area contributed by atoms with Gasteiger partial charge < -0.3 is 19.3 Å². The number of carboxylic acids is 1. The number of aliphatic carboxylic acids is 1. The van der Waals surface area contributed by atoms with Gasteiger partial charge in [0.2, 0.25) is 0 Å². The monoisotopic (exact) mass is 495 g/mol. The van der Waals surface area contributed by atoms with Gasteiger partial charge in [0.1, 0.15) is 5.75 Å². The number of fused-ring (bicyclic) bond motifs is 1. The molecule has 3 aromatic rings. The molecule has 2 aromatic carbocycles. The Bertz CT molecular complexity index is 1070. The van der Waals surface area contributed by atoms with E-state index < -0.39 is 14.3 Å². The Labute approximate surface area is 211 Å². The lowest BCUT2D eigenvalue weighted by atomic mass is 9.98. The normalized spacial score (nSPS) is 13.2. The number of benzene rings is 2. The van der Waals surface area contributed by atoms with Gasteiger partial charge in [0.15, 0.2) is 0 Å². The molecule has 0 fully saturated rings. The Balaban J connectivity index is 1.77. The number of rotatable bonds is 13. The van der Waals surface area contributed by atoms with Gasteiger partial charge in [0.05, 0.1) is 13.0 Å². The summed E-state index contributed by atoms with van der Waals surface area (Å²) >= 11 is 0. The van der Waals surface area contributed by atoms with E-state index in [4.69, 9.17) is 9.16 Å². The van der Waals surface area contributed by atoms with Gasteiger partial charge in [-0.25, -0.2) is 0 Å². The zero-order valence-corrected chi connectivity index (χ0v) is 23.0. The molecule has 1 atom stereocenters. The average molecular weight is 496 g/mol. The number of hydrogen-bond acceptors (Lipinski definition) is 3.